The van der Waals surface area contributed by atoms with E-state index in [1.807, 2.05) is 50.1 Å². The molecular formula is C23H28N6O3. The number of aromatic nitrogens is 4. The maximum atomic E-state index is 13.2. The fourth-order valence-electron chi connectivity index (χ4n) is 5.48. The highest BCUT2D eigenvalue weighted by Gasteiger charge is 2.58. The zero-order valence-electron chi connectivity index (χ0n) is 18.8. The van der Waals surface area contributed by atoms with Crippen LogP contribution in [0.1, 0.15) is 48.9 Å². The van der Waals surface area contributed by atoms with Gasteiger partial charge in [-0.25, -0.2) is 0 Å². The van der Waals surface area contributed by atoms with Gasteiger partial charge in [0.05, 0.1) is 10.9 Å². The Hall–Kier alpha value is -3.23. The van der Waals surface area contributed by atoms with Crippen molar-refractivity contribution in [3.8, 4) is 0 Å². The molecule has 0 bridgehead atoms. The highest BCUT2D eigenvalue weighted by molar-refractivity contribution is 6.05. The van der Waals surface area contributed by atoms with Gasteiger partial charge in [-0.05, 0) is 31.7 Å². The van der Waals surface area contributed by atoms with Crippen LogP contribution < -0.4 is 5.32 Å². The first-order chi connectivity index (χ1) is 15.3. The average Bonchev–Trinajstić information content (AvgIpc) is 3.49. The van der Waals surface area contributed by atoms with Crippen molar-refractivity contribution in [1.82, 2.24) is 30.1 Å². The number of benzene rings is 1. The molecule has 1 aliphatic heterocycles. The van der Waals surface area contributed by atoms with Gasteiger partial charge in [-0.1, -0.05) is 37.2 Å². The Bertz CT molecular complexity index is 1200. The molecule has 1 N–H and O–H groups in total. The third-order valence-electron chi connectivity index (χ3n) is 6.94. The molecule has 1 saturated carbocycles. The van der Waals surface area contributed by atoms with Crippen molar-refractivity contribution in [3.05, 3.63) is 41.7 Å². The Morgan fingerprint density at radius 1 is 1.28 bits per heavy atom. The van der Waals surface area contributed by atoms with E-state index in [0.29, 0.717) is 36.9 Å². The molecule has 1 aliphatic carbocycles. The predicted molar refractivity (Wildman–Crippen MR) is 117 cm³/mol. The first kappa shape index (κ1) is 20.7. The maximum absolute atomic E-state index is 13.2. The highest BCUT2D eigenvalue weighted by Crippen LogP contribution is 2.50. The molecule has 3 atom stereocenters. The van der Waals surface area contributed by atoms with E-state index in [1.165, 1.54) is 0 Å². The molecule has 9 heteroatoms. The van der Waals surface area contributed by atoms with Gasteiger partial charge in [0.15, 0.2) is 11.5 Å². The van der Waals surface area contributed by atoms with Crippen molar-refractivity contribution in [2.45, 2.75) is 45.1 Å². The summed E-state index contributed by atoms with van der Waals surface area (Å²) >= 11 is 0. The molecule has 5 rings (SSSR count). The molecule has 2 aromatic heterocycles. The number of para-hydroxylation sites is 1. The van der Waals surface area contributed by atoms with Gasteiger partial charge in [-0.15, -0.1) is 0 Å². The van der Waals surface area contributed by atoms with Crippen LogP contribution in [0.25, 0.3) is 10.9 Å². The molecule has 0 spiro atoms. The van der Waals surface area contributed by atoms with Crippen molar-refractivity contribution < 1.29 is 14.1 Å². The summed E-state index contributed by atoms with van der Waals surface area (Å²) in [5, 5.41) is 12.5. The second-order valence-electron chi connectivity index (χ2n) is 9.47. The van der Waals surface area contributed by atoms with Crippen molar-refractivity contribution in [2.75, 3.05) is 13.1 Å². The molecular weight excluding hydrogens is 408 g/mol. The molecule has 0 radical (unpaired) electrons. The van der Waals surface area contributed by atoms with Crippen molar-refractivity contribution >= 4 is 22.7 Å². The van der Waals surface area contributed by atoms with Crippen molar-refractivity contribution in [3.63, 3.8) is 0 Å². The average molecular weight is 437 g/mol. The van der Waals surface area contributed by atoms with Gasteiger partial charge < -0.3 is 14.7 Å². The van der Waals surface area contributed by atoms with E-state index in [2.05, 4.69) is 20.6 Å². The number of carbonyl (C=O) groups excluding carboxylic acids is 2. The summed E-state index contributed by atoms with van der Waals surface area (Å²) in [6.07, 6.45) is 1.40. The number of rotatable bonds is 4. The van der Waals surface area contributed by atoms with Crippen molar-refractivity contribution in [1.29, 1.82) is 0 Å². The third-order valence-corrected chi connectivity index (χ3v) is 6.94. The lowest BCUT2D eigenvalue weighted by molar-refractivity contribution is -0.133. The molecule has 2 aliphatic rings. The highest BCUT2D eigenvalue weighted by atomic mass is 16.5. The minimum atomic E-state index is -0.435. The topological polar surface area (TPSA) is 106 Å². The molecule has 168 valence electrons. The number of hydrogen-bond donors (Lipinski definition) is 1. The minimum Gasteiger partial charge on any atom is -0.348 e. The van der Waals surface area contributed by atoms with Crippen LogP contribution >= 0.6 is 0 Å². The second kappa shape index (κ2) is 7.43. The summed E-state index contributed by atoms with van der Waals surface area (Å²) in [4.78, 5) is 32.3. The number of aryl methyl sites for hydroxylation is 2. The Morgan fingerprint density at radius 2 is 2.06 bits per heavy atom. The van der Waals surface area contributed by atoms with Crippen LogP contribution in [0.5, 0.6) is 0 Å². The normalized spacial score (nSPS) is 25.0. The smallest absolute Gasteiger partial charge is 0.272 e. The van der Waals surface area contributed by atoms with E-state index < -0.39 is 5.41 Å². The van der Waals surface area contributed by atoms with Gasteiger partial charge in [-0.3, -0.25) is 14.3 Å². The molecule has 2 amide bonds. The van der Waals surface area contributed by atoms with Gasteiger partial charge in [-0.2, -0.15) is 10.1 Å². The number of amides is 2. The van der Waals surface area contributed by atoms with Gasteiger partial charge in [0.25, 0.3) is 5.91 Å². The van der Waals surface area contributed by atoms with Crippen molar-refractivity contribution in [2.24, 2.45) is 18.9 Å². The molecule has 3 heterocycles. The first-order valence-electron chi connectivity index (χ1n) is 11.1. The number of nitrogens with zero attached hydrogens (tertiary/aromatic N) is 5. The molecule has 32 heavy (non-hydrogen) atoms. The monoisotopic (exact) mass is 436 g/mol. The first-order valence-corrected chi connectivity index (χ1v) is 11.1. The molecule has 1 saturated heterocycles. The number of nitrogens with one attached hydrogen (secondary N) is 1. The van der Waals surface area contributed by atoms with Crippen LogP contribution in [0, 0.1) is 18.8 Å². The number of carbonyl (C=O) groups is 2. The molecule has 9 nitrogen and oxygen atoms in total. The zero-order chi connectivity index (χ0) is 22.6. The van der Waals surface area contributed by atoms with E-state index in [9.17, 15) is 9.59 Å². The largest absolute Gasteiger partial charge is 0.348 e. The van der Waals surface area contributed by atoms with E-state index in [1.54, 1.807) is 11.6 Å². The van der Waals surface area contributed by atoms with Crippen LogP contribution in [0.15, 0.2) is 28.8 Å². The standard InChI is InChI=1S/C23H28N6O3/c1-13(2)21(31)29-11-15-9-16(10-23(15,12-29)22-24-14(3)27-32-22)25-20(30)19-17-7-5-6-8-18(17)28(4)26-19/h5-8,13,15-16H,9-12H2,1-4H3,(H,25,30)/t15-,16+,23-/m0/s1. The number of hydrogen-bond acceptors (Lipinski definition) is 6. The van der Waals surface area contributed by atoms with E-state index in [0.717, 1.165) is 17.3 Å². The van der Waals surface area contributed by atoms with Crippen LogP contribution in [0.3, 0.4) is 0 Å². The van der Waals surface area contributed by atoms with E-state index in [4.69, 9.17) is 4.52 Å². The Labute approximate surface area is 186 Å². The summed E-state index contributed by atoms with van der Waals surface area (Å²) in [7, 11) is 1.84. The number of fused-ring (bicyclic) bond motifs is 2. The number of likely N-dealkylation sites (tertiary alicyclic amines) is 1. The lowest BCUT2D eigenvalue weighted by Crippen LogP contribution is -2.40. The summed E-state index contributed by atoms with van der Waals surface area (Å²) < 4.78 is 7.34. The summed E-state index contributed by atoms with van der Waals surface area (Å²) in [5.41, 5.74) is 0.914. The Balaban J connectivity index is 1.40. The van der Waals surface area contributed by atoms with Gasteiger partial charge in [0, 0.05) is 37.5 Å². The third kappa shape index (κ3) is 3.18. The van der Waals surface area contributed by atoms with Gasteiger partial charge in [0.1, 0.15) is 0 Å². The quantitative estimate of drug-likeness (QED) is 0.672. The predicted octanol–water partition coefficient (Wildman–Crippen LogP) is 2.21. The summed E-state index contributed by atoms with van der Waals surface area (Å²) in [6, 6.07) is 7.65. The lowest BCUT2D eigenvalue weighted by Gasteiger charge is -2.26. The molecule has 0 unspecified atom stereocenters. The SMILES string of the molecule is Cc1noc([C@]23C[C@H](NC(=O)c4nn(C)c5ccccc45)C[C@H]2CN(C(=O)C(C)C)C3)n1. The summed E-state index contributed by atoms with van der Waals surface area (Å²) in [5.74, 6) is 1.18. The molecule has 1 aromatic carbocycles. The fraction of sp³-hybridized carbons (Fsp3) is 0.522. The van der Waals surface area contributed by atoms with Crippen LogP contribution in [-0.4, -0.2) is 55.8 Å². The Kier molecular flexibility index (Phi) is 4.79. The Morgan fingerprint density at radius 3 is 2.78 bits per heavy atom. The van der Waals surface area contributed by atoms with Crippen LogP contribution in [0.4, 0.5) is 0 Å². The summed E-state index contributed by atoms with van der Waals surface area (Å²) in [6.45, 7) is 6.80. The molecule has 3 aromatic rings. The van der Waals surface area contributed by atoms with Gasteiger partial charge >= 0.3 is 0 Å². The zero-order valence-corrected chi connectivity index (χ0v) is 18.8. The van der Waals surface area contributed by atoms with Crippen LogP contribution in [0.2, 0.25) is 0 Å². The van der Waals surface area contributed by atoms with E-state index >= 15 is 0 Å². The molecule has 2 fully saturated rings. The fourth-order valence-corrected chi connectivity index (χ4v) is 5.48. The van der Waals surface area contributed by atoms with Gasteiger partial charge in [0.2, 0.25) is 11.8 Å². The minimum absolute atomic E-state index is 0.0585. The van der Waals surface area contributed by atoms with E-state index in [-0.39, 0.29) is 29.7 Å². The van der Waals surface area contributed by atoms with Crippen LogP contribution in [-0.2, 0) is 17.3 Å². The maximum Gasteiger partial charge on any atom is 0.272 e. The lowest BCUT2D eigenvalue weighted by atomic mass is 9.80. The second-order valence-corrected chi connectivity index (χ2v) is 9.47.